The van der Waals surface area contributed by atoms with Crippen LogP contribution in [0.4, 0.5) is 0 Å². The van der Waals surface area contributed by atoms with Crippen LogP contribution in [0.5, 0.6) is 0 Å². The van der Waals surface area contributed by atoms with E-state index >= 15 is 0 Å². The molecule has 0 heterocycles. The van der Waals surface area contributed by atoms with E-state index in [0.717, 1.165) is 45.7 Å². The van der Waals surface area contributed by atoms with Crippen LogP contribution in [0, 0.1) is 5.92 Å². The van der Waals surface area contributed by atoms with E-state index < -0.39 is 0 Å². The summed E-state index contributed by atoms with van der Waals surface area (Å²) in [5, 5.41) is 0. The fraction of sp³-hybridized carbons (Fsp3) is 0.917. The average Bonchev–Trinajstić information content (AvgIpc) is 2.19. The van der Waals surface area contributed by atoms with Crippen molar-refractivity contribution < 1.29 is 4.74 Å². The second-order valence-electron chi connectivity index (χ2n) is 4.46. The Kier molecular flexibility index (Phi) is 9.88. The second kappa shape index (κ2) is 10.00. The van der Waals surface area contributed by atoms with Crippen molar-refractivity contribution in [2.45, 2.75) is 33.6 Å². The molecule has 96 valence electrons. The van der Waals surface area contributed by atoms with Gasteiger partial charge in [-0.15, -0.1) is 0 Å². The molecular weight excluding hydrogens is 220 g/mol. The molecule has 0 spiro atoms. The Morgan fingerprint density at radius 3 is 2.56 bits per heavy atom. The minimum Gasteiger partial charge on any atom is -0.393 e. The molecule has 0 unspecified atom stereocenters. The van der Waals surface area contributed by atoms with Crippen LogP contribution in [0.15, 0.2) is 0 Å². The van der Waals surface area contributed by atoms with Crippen LogP contribution in [0.25, 0.3) is 0 Å². The first kappa shape index (κ1) is 15.8. The molecular formula is C12H26N2OS. The lowest BCUT2D eigenvalue weighted by atomic mass is 10.2. The molecule has 0 rings (SSSR count). The Bertz CT molecular complexity index is 186. The Labute approximate surface area is 105 Å². The van der Waals surface area contributed by atoms with Crippen LogP contribution in [-0.2, 0) is 4.74 Å². The van der Waals surface area contributed by atoms with Gasteiger partial charge < -0.3 is 15.4 Å². The van der Waals surface area contributed by atoms with E-state index in [4.69, 9.17) is 22.7 Å². The van der Waals surface area contributed by atoms with Crippen molar-refractivity contribution >= 4 is 17.2 Å². The molecule has 0 aliphatic carbocycles. The molecule has 0 fully saturated rings. The third-order valence-electron chi connectivity index (χ3n) is 2.26. The van der Waals surface area contributed by atoms with E-state index in [1.807, 2.05) is 6.92 Å². The van der Waals surface area contributed by atoms with E-state index in [9.17, 15) is 0 Å². The van der Waals surface area contributed by atoms with Gasteiger partial charge >= 0.3 is 0 Å². The number of hydrogen-bond donors (Lipinski definition) is 1. The Morgan fingerprint density at radius 1 is 1.38 bits per heavy atom. The summed E-state index contributed by atoms with van der Waals surface area (Å²) in [6, 6.07) is 0. The van der Waals surface area contributed by atoms with Gasteiger partial charge in [-0.25, -0.2) is 0 Å². The second-order valence-corrected chi connectivity index (χ2v) is 4.99. The number of nitrogens with two attached hydrogens (primary N) is 1. The average molecular weight is 246 g/mol. The number of thiocarbonyl (C=S) groups is 1. The largest absolute Gasteiger partial charge is 0.393 e. The fourth-order valence-corrected chi connectivity index (χ4v) is 1.70. The molecule has 3 nitrogen and oxygen atoms in total. The number of ether oxygens (including phenoxy) is 1. The first-order chi connectivity index (χ1) is 7.56. The molecule has 0 atom stereocenters. The Hall–Kier alpha value is -0.190. The molecule has 0 saturated carbocycles. The van der Waals surface area contributed by atoms with Gasteiger partial charge in [0.05, 0.1) is 4.99 Å². The van der Waals surface area contributed by atoms with Crippen LogP contribution in [-0.4, -0.2) is 42.7 Å². The van der Waals surface area contributed by atoms with Crippen LogP contribution < -0.4 is 5.73 Å². The first-order valence-electron chi connectivity index (χ1n) is 6.14. The molecule has 4 heteroatoms. The van der Waals surface area contributed by atoms with E-state index in [1.54, 1.807) is 0 Å². The monoisotopic (exact) mass is 246 g/mol. The van der Waals surface area contributed by atoms with Crippen LogP contribution in [0.2, 0.25) is 0 Å². The molecule has 0 radical (unpaired) electrons. The van der Waals surface area contributed by atoms with Gasteiger partial charge in [0.15, 0.2) is 0 Å². The zero-order chi connectivity index (χ0) is 12.4. The van der Waals surface area contributed by atoms with Crippen molar-refractivity contribution in [1.82, 2.24) is 4.90 Å². The molecule has 0 bridgehead atoms. The molecule has 0 amide bonds. The number of hydrogen-bond acceptors (Lipinski definition) is 3. The smallest absolute Gasteiger partial charge is 0.0740 e. The predicted octanol–water partition coefficient (Wildman–Crippen LogP) is 2.05. The van der Waals surface area contributed by atoms with E-state index in [1.165, 1.54) is 0 Å². The van der Waals surface area contributed by atoms with Crippen molar-refractivity contribution in [2.75, 3.05) is 32.8 Å². The van der Waals surface area contributed by atoms with Crippen molar-refractivity contribution in [3.05, 3.63) is 0 Å². The van der Waals surface area contributed by atoms with Gasteiger partial charge in [0, 0.05) is 39.3 Å². The van der Waals surface area contributed by atoms with Gasteiger partial charge in [-0.2, -0.15) is 0 Å². The molecule has 2 N–H and O–H groups in total. The van der Waals surface area contributed by atoms with Crippen molar-refractivity contribution in [2.24, 2.45) is 11.7 Å². The van der Waals surface area contributed by atoms with Gasteiger partial charge in [0.25, 0.3) is 0 Å². The van der Waals surface area contributed by atoms with E-state index in [2.05, 4.69) is 18.7 Å². The molecule has 0 aromatic rings. The number of rotatable bonds is 10. The molecule has 0 saturated heterocycles. The van der Waals surface area contributed by atoms with Crippen LogP contribution in [0.1, 0.15) is 33.6 Å². The van der Waals surface area contributed by atoms with Crippen molar-refractivity contribution in [3.8, 4) is 0 Å². The third-order valence-corrected chi connectivity index (χ3v) is 2.47. The lowest BCUT2D eigenvalue weighted by Gasteiger charge is -2.23. The highest BCUT2D eigenvalue weighted by atomic mass is 32.1. The zero-order valence-electron chi connectivity index (χ0n) is 10.9. The highest BCUT2D eigenvalue weighted by Gasteiger charge is 2.07. The predicted molar refractivity (Wildman–Crippen MR) is 73.8 cm³/mol. The summed E-state index contributed by atoms with van der Waals surface area (Å²) in [6.07, 6.45) is 1.90. The van der Waals surface area contributed by atoms with Gasteiger partial charge in [0.1, 0.15) is 0 Å². The number of nitrogens with zero attached hydrogens (tertiary/aromatic N) is 1. The maximum absolute atomic E-state index is 5.53. The molecule has 0 aromatic carbocycles. The lowest BCUT2D eigenvalue weighted by molar-refractivity contribution is 0.129. The molecule has 0 aliphatic rings. The standard InChI is InChI=1S/C12H26N2OS/c1-4-15-9-5-7-14(10-11(2)3)8-6-12(13)16/h11H,4-10H2,1-3H3,(H2,13,16). The quantitative estimate of drug-likeness (QED) is 0.473. The molecule has 0 aliphatic heterocycles. The summed E-state index contributed by atoms with van der Waals surface area (Å²) in [7, 11) is 0. The summed E-state index contributed by atoms with van der Waals surface area (Å²) < 4.78 is 5.34. The maximum atomic E-state index is 5.53. The topological polar surface area (TPSA) is 38.5 Å². The van der Waals surface area contributed by atoms with Gasteiger partial charge in [0.2, 0.25) is 0 Å². The minimum atomic E-state index is 0.610. The van der Waals surface area contributed by atoms with Crippen molar-refractivity contribution in [1.29, 1.82) is 0 Å². The zero-order valence-corrected chi connectivity index (χ0v) is 11.7. The summed E-state index contributed by atoms with van der Waals surface area (Å²) in [5.74, 6) is 0.679. The normalized spacial score (nSPS) is 11.3. The summed E-state index contributed by atoms with van der Waals surface area (Å²) in [5.41, 5.74) is 5.53. The third kappa shape index (κ3) is 10.3. The van der Waals surface area contributed by atoms with Crippen LogP contribution in [0.3, 0.4) is 0 Å². The van der Waals surface area contributed by atoms with Crippen molar-refractivity contribution in [3.63, 3.8) is 0 Å². The highest BCUT2D eigenvalue weighted by molar-refractivity contribution is 7.80. The van der Waals surface area contributed by atoms with Gasteiger partial charge in [-0.3, -0.25) is 0 Å². The van der Waals surface area contributed by atoms with E-state index in [-0.39, 0.29) is 0 Å². The maximum Gasteiger partial charge on any atom is 0.0740 e. The lowest BCUT2D eigenvalue weighted by Crippen LogP contribution is -2.32. The minimum absolute atomic E-state index is 0.610. The van der Waals surface area contributed by atoms with Gasteiger partial charge in [-0.05, 0) is 19.3 Å². The summed E-state index contributed by atoms with van der Waals surface area (Å²) in [6.45, 7) is 11.3. The molecule has 0 aromatic heterocycles. The molecule has 16 heavy (non-hydrogen) atoms. The summed E-state index contributed by atoms with van der Waals surface area (Å²) in [4.78, 5) is 3.03. The highest BCUT2D eigenvalue weighted by Crippen LogP contribution is 2.01. The van der Waals surface area contributed by atoms with Crippen LogP contribution >= 0.6 is 12.2 Å². The SMILES string of the molecule is CCOCCCN(CCC(N)=S)CC(C)C. The first-order valence-corrected chi connectivity index (χ1v) is 6.55. The van der Waals surface area contributed by atoms with E-state index in [0.29, 0.717) is 10.9 Å². The summed E-state index contributed by atoms with van der Waals surface area (Å²) >= 11 is 4.91. The fourth-order valence-electron chi connectivity index (χ4n) is 1.61. The Morgan fingerprint density at radius 2 is 2.06 bits per heavy atom. The Balaban J connectivity index is 3.76. The van der Waals surface area contributed by atoms with Gasteiger partial charge in [-0.1, -0.05) is 26.1 Å².